The molecule has 88 valence electrons. The number of rotatable bonds is 4. The molecule has 0 aromatic heterocycles. The van der Waals surface area contributed by atoms with Crippen LogP contribution >= 0.6 is 0 Å². The fourth-order valence-corrected chi connectivity index (χ4v) is 1.51. The SMILES string of the molecule is CCN(C)Cc1cccc(N)c1C(=O)OC. The highest BCUT2D eigenvalue weighted by Crippen LogP contribution is 2.19. The first-order chi connectivity index (χ1) is 7.60. The first kappa shape index (κ1) is 12.5. The van der Waals surface area contributed by atoms with Crippen molar-refractivity contribution in [2.45, 2.75) is 13.5 Å². The van der Waals surface area contributed by atoms with Crippen molar-refractivity contribution in [3.63, 3.8) is 0 Å². The molecule has 16 heavy (non-hydrogen) atoms. The summed E-state index contributed by atoms with van der Waals surface area (Å²) in [5.41, 5.74) is 7.64. The summed E-state index contributed by atoms with van der Waals surface area (Å²) in [6, 6.07) is 5.46. The molecule has 0 heterocycles. The Balaban J connectivity index is 3.07. The molecular weight excluding hydrogens is 204 g/mol. The molecule has 0 fully saturated rings. The molecule has 0 bridgehead atoms. The van der Waals surface area contributed by atoms with Crippen LogP contribution in [0, 0.1) is 0 Å². The van der Waals surface area contributed by atoms with Crippen LogP contribution in [0.15, 0.2) is 18.2 Å². The Kier molecular flexibility index (Phi) is 4.31. The van der Waals surface area contributed by atoms with E-state index in [4.69, 9.17) is 10.5 Å². The molecule has 0 amide bonds. The summed E-state index contributed by atoms with van der Waals surface area (Å²) in [5, 5.41) is 0. The predicted octanol–water partition coefficient (Wildman–Crippen LogP) is 1.51. The number of anilines is 1. The molecule has 0 aliphatic heterocycles. The van der Waals surface area contributed by atoms with E-state index < -0.39 is 0 Å². The molecule has 1 aromatic carbocycles. The van der Waals surface area contributed by atoms with Gasteiger partial charge in [0.25, 0.3) is 0 Å². The number of benzene rings is 1. The van der Waals surface area contributed by atoms with E-state index in [2.05, 4.69) is 11.8 Å². The summed E-state index contributed by atoms with van der Waals surface area (Å²) < 4.78 is 4.74. The minimum Gasteiger partial charge on any atom is -0.465 e. The number of nitrogens with zero attached hydrogens (tertiary/aromatic N) is 1. The molecule has 0 spiro atoms. The summed E-state index contributed by atoms with van der Waals surface area (Å²) in [6.45, 7) is 3.66. The second-order valence-corrected chi connectivity index (χ2v) is 3.70. The number of hydrogen-bond donors (Lipinski definition) is 1. The van der Waals surface area contributed by atoms with Crippen LogP contribution in [0.5, 0.6) is 0 Å². The third kappa shape index (κ3) is 2.73. The smallest absolute Gasteiger partial charge is 0.340 e. The average molecular weight is 222 g/mol. The molecule has 1 rings (SSSR count). The van der Waals surface area contributed by atoms with Crippen LogP contribution < -0.4 is 5.73 Å². The van der Waals surface area contributed by atoms with Crippen molar-refractivity contribution >= 4 is 11.7 Å². The number of methoxy groups -OCH3 is 1. The first-order valence-corrected chi connectivity index (χ1v) is 5.24. The van der Waals surface area contributed by atoms with E-state index in [1.165, 1.54) is 7.11 Å². The van der Waals surface area contributed by atoms with E-state index in [0.717, 1.165) is 12.1 Å². The normalized spacial score (nSPS) is 10.5. The van der Waals surface area contributed by atoms with E-state index in [9.17, 15) is 4.79 Å². The van der Waals surface area contributed by atoms with Crippen molar-refractivity contribution in [1.29, 1.82) is 0 Å². The van der Waals surface area contributed by atoms with Gasteiger partial charge in [0.15, 0.2) is 0 Å². The van der Waals surface area contributed by atoms with Crippen molar-refractivity contribution < 1.29 is 9.53 Å². The molecular formula is C12H18N2O2. The van der Waals surface area contributed by atoms with Gasteiger partial charge in [-0.15, -0.1) is 0 Å². The Hall–Kier alpha value is -1.55. The van der Waals surface area contributed by atoms with E-state index in [1.54, 1.807) is 6.07 Å². The molecule has 0 radical (unpaired) electrons. The molecule has 0 aliphatic rings. The summed E-state index contributed by atoms with van der Waals surface area (Å²) in [7, 11) is 3.35. The molecule has 1 aromatic rings. The summed E-state index contributed by atoms with van der Waals surface area (Å²) in [5.74, 6) is -0.377. The van der Waals surface area contributed by atoms with Gasteiger partial charge in [0.2, 0.25) is 0 Å². The number of hydrogen-bond acceptors (Lipinski definition) is 4. The molecule has 0 saturated carbocycles. The van der Waals surface area contributed by atoms with Crippen LogP contribution in [0.2, 0.25) is 0 Å². The van der Waals surface area contributed by atoms with Gasteiger partial charge in [-0.1, -0.05) is 19.1 Å². The lowest BCUT2D eigenvalue weighted by Crippen LogP contribution is -2.20. The van der Waals surface area contributed by atoms with Crippen LogP contribution in [-0.4, -0.2) is 31.6 Å². The Morgan fingerprint density at radius 1 is 1.50 bits per heavy atom. The van der Waals surface area contributed by atoms with Gasteiger partial charge in [-0.3, -0.25) is 0 Å². The highest BCUT2D eigenvalue weighted by atomic mass is 16.5. The Morgan fingerprint density at radius 3 is 2.75 bits per heavy atom. The lowest BCUT2D eigenvalue weighted by atomic mass is 10.1. The summed E-state index contributed by atoms with van der Waals surface area (Å²) in [4.78, 5) is 13.7. The standard InChI is InChI=1S/C12H18N2O2/c1-4-14(2)8-9-6-5-7-10(13)11(9)12(15)16-3/h5-7H,4,8,13H2,1-3H3. The fraction of sp³-hybridized carbons (Fsp3) is 0.417. The maximum Gasteiger partial charge on any atom is 0.340 e. The molecule has 0 atom stereocenters. The third-order valence-corrected chi connectivity index (χ3v) is 2.55. The van der Waals surface area contributed by atoms with Gasteiger partial charge in [0.05, 0.1) is 12.7 Å². The lowest BCUT2D eigenvalue weighted by Gasteiger charge is -2.17. The fourth-order valence-electron chi connectivity index (χ4n) is 1.51. The van der Waals surface area contributed by atoms with E-state index >= 15 is 0 Å². The molecule has 4 heteroatoms. The lowest BCUT2D eigenvalue weighted by molar-refractivity contribution is 0.0600. The van der Waals surface area contributed by atoms with Gasteiger partial charge >= 0.3 is 5.97 Å². The van der Waals surface area contributed by atoms with Gasteiger partial charge < -0.3 is 15.4 Å². The molecule has 2 N–H and O–H groups in total. The topological polar surface area (TPSA) is 55.6 Å². The maximum absolute atomic E-state index is 11.6. The largest absolute Gasteiger partial charge is 0.465 e. The minimum absolute atomic E-state index is 0.377. The number of carbonyl (C=O) groups is 1. The van der Waals surface area contributed by atoms with Gasteiger partial charge in [-0.2, -0.15) is 0 Å². The van der Waals surface area contributed by atoms with E-state index in [1.807, 2.05) is 19.2 Å². The number of ether oxygens (including phenoxy) is 1. The summed E-state index contributed by atoms with van der Waals surface area (Å²) in [6.07, 6.45) is 0. The highest BCUT2D eigenvalue weighted by Gasteiger charge is 2.15. The van der Waals surface area contributed by atoms with Crippen molar-refractivity contribution in [2.75, 3.05) is 26.4 Å². The molecule has 0 aliphatic carbocycles. The zero-order valence-corrected chi connectivity index (χ0v) is 9.99. The number of nitrogens with two attached hydrogens (primary N) is 1. The molecule has 0 unspecified atom stereocenters. The quantitative estimate of drug-likeness (QED) is 0.619. The Morgan fingerprint density at radius 2 is 2.19 bits per heavy atom. The van der Waals surface area contributed by atoms with Gasteiger partial charge in [-0.25, -0.2) is 4.79 Å². The van der Waals surface area contributed by atoms with Crippen LogP contribution in [0.25, 0.3) is 0 Å². The van der Waals surface area contributed by atoms with Gasteiger partial charge in [-0.05, 0) is 25.2 Å². The van der Waals surface area contributed by atoms with Crippen molar-refractivity contribution in [2.24, 2.45) is 0 Å². The highest BCUT2D eigenvalue weighted by molar-refractivity contribution is 5.96. The Labute approximate surface area is 96.0 Å². The minimum atomic E-state index is -0.377. The van der Waals surface area contributed by atoms with Crippen LogP contribution in [-0.2, 0) is 11.3 Å². The monoisotopic (exact) mass is 222 g/mol. The van der Waals surface area contributed by atoms with Crippen molar-refractivity contribution in [3.05, 3.63) is 29.3 Å². The molecule has 0 saturated heterocycles. The molecule has 4 nitrogen and oxygen atoms in total. The number of esters is 1. The van der Waals surface area contributed by atoms with Gasteiger partial charge in [0.1, 0.15) is 0 Å². The van der Waals surface area contributed by atoms with Crippen molar-refractivity contribution in [1.82, 2.24) is 4.90 Å². The van der Waals surface area contributed by atoms with Gasteiger partial charge in [0, 0.05) is 12.2 Å². The number of nitrogen functional groups attached to an aromatic ring is 1. The Bertz CT molecular complexity index is 377. The third-order valence-electron chi connectivity index (χ3n) is 2.55. The van der Waals surface area contributed by atoms with E-state index in [-0.39, 0.29) is 5.97 Å². The van der Waals surface area contributed by atoms with Crippen LogP contribution in [0.4, 0.5) is 5.69 Å². The second kappa shape index (κ2) is 5.51. The number of carbonyl (C=O) groups excluding carboxylic acids is 1. The van der Waals surface area contributed by atoms with Crippen LogP contribution in [0.3, 0.4) is 0 Å². The zero-order chi connectivity index (χ0) is 12.1. The summed E-state index contributed by atoms with van der Waals surface area (Å²) >= 11 is 0. The van der Waals surface area contributed by atoms with Crippen LogP contribution in [0.1, 0.15) is 22.8 Å². The predicted molar refractivity (Wildman–Crippen MR) is 64.2 cm³/mol. The average Bonchev–Trinajstić information content (AvgIpc) is 2.28. The first-order valence-electron chi connectivity index (χ1n) is 5.24. The zero-order valence-electron chi connectivity index (χ0n) is 9.99. The van der Waals surface area contributed by atoms with Crippen molar-refractivity contribution in [3.8, 4) is 0 Å². The van der Waals surface area contributed by atoms with E-state index in [0.29, 0.717) is 17.8 Å². The second-order valence-electron chi connectivity index (χ2n) is 3.70. The maximum atomic E-state index is 11.6.